The van der Waals surface area contributed by atoms with E-state index in [9.17, 15) is 17.6 Å². The van der Waals surface area contributed by atoms with Crippen molar-refractivity contribution in [2.75, 3.05) is 6.26 Å². The molecule has 2 rings (SSSR count). The van der Waals surface area contributed by atoms with Crippen LogP contribution in [-0.2, 0) is 16.4 Å². The number of hydrogen-bond acceptors (Lipinski definition) is 5. The number of furan rings is 1. The maximum absolute atomic E-state index is 13.9. The summed E-state index contributed by atoms with van der Waals surface area (Å²) in [5.41, 5.74) is 6.17. The summed E-state index contributed by atoms with van der Waals surface area (Å²) in [6, 6.07) is 4.76. The lowest BCUT2D eigenvalue weighted by atomic mass is 10.1. The molecule has 23 heavy (non-hydrogen) atoms. The molecule has 0 saturated carbocycles. The Hall–Kier alpha value is -2.19. The molecule has 1 heterocycles. The third-order valence-corrected chi connectivity index (χ3v) is 4.45. The van der Waals surface area contributed by atoms with E-state index in [-0.39, 0.29) is 11.4 Å². The summed E-state index contributed by atoms with van der Waals surface area (Å²) in [5.74, 6) is -0.764. The number of carbonyl (C=O) groups is 1. The predicted octanol–water partition coefficient (Wildman–Crippen LogP) is 1.77. The van der Waals surface area contributed by atoms with Crippen LogP contribution in [-0.4, -0.2) is 20.6 Å². The van der Waals surface area contributed by atoms with Crippen molar-refractivity contribution in [1.82, 2.24) is 5.32 Å². The van der Waals surface area contributed by atoms with Crippen molar-refractivity contribution in [3.05, 3.63) is 53.2 Å². The summed E-state index contributed by atoms with van der Waals surface area (Å²) in [6.45, 7) is 1.84. The Balaban J connectivity index is 2.16. The highest BCUT2D eigenvalue weighted by atomic mass is 32.2. The van der Waals surface area contributed by atoms with Crippen molar-refractivity contribution in [2.45, 2.75) is 24.4 Å². The number of nitrogens with one attached hydrogen (secondary N) is 1. The zero-order chi connectivity index (χ0) is 17.2. The minimum atomic E-state index is -3.63. The number of hydrogen-bond donors (Lipinski definition) is 2. The van der Waals surface area contributed by atoms with Crippen LogP contribution >= 0.6 is 0 Å². The van der Waals surface area contributed by atoms with Crippen molar-refractivity contribution >= 4 is 15.7 Å². The molecule has 1 aromatic carbocycles. The van der Waals surface area contributed by atoms with Gasteiger partial charge in [-0.1, -0.05) is 6.07 Å². The van der Waals surface area contributed by atoms with Crippen LogP contribution in [0.5, 0.6) is 0 Å². The largest absolute Gasteiger partial charge is 0.467 e. The van der Waals surface area contributed by atoms with Crippen LogP contribution in [0.1, 0.15) is 34.6 Å². The van der Waals surface area contributed by atoms with E-state index in [1.54, 1.807) is 6.92 Å². The molecular weight excluding hydrogens is 323 g/mol. The normalized spacial score (nSPS) is 12.9. The van der Waals surface area contributed by atoms with Gasteiger partial charge < -0.3 is 15.5 Å². The van der Waals surface area contributed by atoms with Crippen LogP contribution < -0.4 is 11.1 Å². The Kier molecular flexibility index (Phi) is 4.86. The first-order chi connectivity index (χ1) is 10.7. The molecule has 0 radical (unpaired) electrons. The van der Waals surface area contributed by atoms with Crippen LogP contribution in [0.2, 0.25) is 0 Å². The first kappa shape index (κ1) is 17.2. The van der Waals surface area contributed by atoms with E-state index >= 15 is 0 Å². The Morgan fingerprint density at radius 1 is 1.39 bits per heavy atom. The van der Waals surface area contributed by atoms with Gasteiger partial charge in [-0.05, 0) is 30.7 Å². The maximum atomic E-state index is 13.9. The summed E-state index contributed by atoms with van der Waals surface area (Å²) in [5, 5.41) is 2.68. The molecule has 2 aromatic rings. The van der Waals surface area contributed by atoms with Crippen molar-refractivity contribution in [2.24, 2.45) is 5.73 Å². The SMILES string of the molecule is CC(NC(=O)c1coc(CN)c1)c1ccc(S(C)(=O)=O)c(F)c1. The van der Waals surface area contributed by atoms with E-state index in [1.165, 1.54) is 24.5 Å². The van der Waals surface area contributed by atoms with Gasteiger partial charge in [0.2, 0.25) is 0 Å². The molecule has 0 spiro atoms. The molecule has 0 fully saturated rings. The summed E-state index contributed by atoms with van der Waals surface area (Å²) in [4.78, 5) is 11.7. The number of sulfone groups is 1. The third kappa shape index (κ3) is 3.96. The molecule has 1 aromatic heterocycles. The van der Waals surface area contributed by atoms with Crippen LogP contribution in [0.4, 0.5) is 4.39 Å². The smallest absolute Gasteiger partial charge is 0.255 e. The van der Waals surface area contributed by atoms with Gasteiger partial charge in [-0.15, -0.1) is 0 Å². The molecule has 1 amide bonds. The predicted molar refractivity (Wildman–Crippen MR) is 82.0 cm³/mol. The third-order valence-electron chi connectivity index (χ3n) is 3.32. The fourth-order valence-electron chi connectivity index (χ4n) is 2.06. The van der Waals surface area contributed by atoms with Crippen LogP contribution in [0, 0.1) is 5.82 Å². The molecule has 0 aliphatic carbocycles. The van der Waals surface area contributed by atoms with Crippen LogP contribution in [0.3, 0.4) is 0 Å². The molecule has 0 aliphatic heterocycles. The Labute approximate surface area is 133 Å². The highest BCUT2D eigenvalue weighted by Gasteiger charge is 2.18. The lowest BCUT2D eigenvalue weighted by Crippen LogP contribution is -2.26. The number of amides is 1. The number of rotatable bonds is 5. The van der Waals surface area contributed by atoms with Gasteiger partial charge in [0.25, 0.3) is 5.91 Å². The van der Waals surface area contributed by atoms with Crippen LogP contribution in [0.15, 0.2) is 39.8 Å². The minimum Gasteiger partial charge on any atom is -0.467 e. The number of halogens is 1. The van der Waals surface area contributed by atoms with E-state index in [2.05, 4.69) is 5.32 Å². The molecule has 1 atom stereocenters. The summed E-state index contributed by atoms with van der Waals surface area (Å²) in [6.07, 6.45) is 2.22. The molecule has 8 heteroatoms. The van der Waals surface area contributed by atoms with Crippen molar-refractivity contribution in [3.8, 4) is 0 Å². The molecule has 124 valence electrons. The topological polar surface area (TPSA) is 102 Å². The molecule has 3 N–H and O–H groups in total. The highest BCUT2D eigenvalue weighted by Crippen LogP contribution is 2.20. The lowest BCUT2D eigenvalue weighted by molar-refractivity contribution is 0.0939. The quantitative estimate of drug-likeness (QED) is 0.863. The van der Waals surface area contributed by atoms with Crippen molar-refractivity contribution in [3.63, 3.8) is 0 Å². The van der Waals surface area contributed by atoms with E-state index < -0.39 is 27.6 Å². The zero-order valence-corrected chi connectivity index (χ0v) is 13.5. The Morgan fingerprint density at radius 2 is 2.09 bits per heavy atom. The van der Waals surface area contributed by atoms with Gasteiger partial charge >= 0.3 is 0 Å². The van der Waals surface area contributed by atoms with E-state index in [0.717, 1.165) is 12.3 Å². The lowest BCUT2D eigenvalue weighted by Gasteiger charge is -2.14. The van der Waals surface area contributed by atoms with Gasteiger partial charge in [-0.2, -0.15) is 0 Å². The standard InChI is InChI=1S/C15H17FN2O4S/c1-9(18-15(19)11-5-12(7-17)22-8-11)10-3-4-14(13(16)6-10)23(2,20)21/h3-6,8-9H,7,17H2,1-2H3,(H,18,19). The van der Waals surface area contributed by atoms with E-state index in [0.29, 0.717) is 16.9 Å². The first-order valence-corrected chi connectivity index (χ1v) is 8.69. The number of nitrogens with two attached hydrogens (primary N) is 1. The Bertz CT molecular complexity index is 830. The minimum absolute atomic E-state index is 0.182. The molecule has 0 bridgehead atoms. The fourth-order valence-corrected chi connectivity index (χ4v) is 2.79. The second-order valence-electron chi connectivity index (χ2n) is 5.16. The van der Waals surface area contributed by atoms with Gasteiger partial charge in [0, 0.05) is 6.26 Å². The summed E-state index contributed by atoms with van der Waals surface area (Å²) < 4.78 is 41.8. The molecule has 1 unspecified atom stereocenters. The average molecular weight is 340 g/mol. The molecule has 0 saturated heterocycles. The average Bonchev–Trinajstić information content (AvgIpc) is 2.94. The zero-order valence-electron chi connectivity index (χ0n) is 12.7. The van der Waals surface area contributed by atoms with Crippen molar-refractivity contribution < 1.29 is 22.0 Å². The van der Waals surface area contributed by atoms with Gasteiger partial charge in [-0.25, -0.2) is 12.8 Å². The summed E-state index contributed by atoms with van der Waals surface area (Å²) in [7, 11) is -3.63. The Morgan fingerprint density at radius 3 is 2.61 bits per heavy atom. The first-order valence-electron chi connectivity index (χ1n) is 6.80. The summed E-state index contributed by atoms with van der Waals surface area (Å²) >= 11 is 0. The van der Waals surface area contributed by atoms with Crippen LogP contribution in [0.25, 0.3) is 0 Å². The van der Waals surface area contributed by atoms with E-state index in [1.807, 2.05) is 0 Å². The second-order valence-corrected chi connectivity index (χ2v) is 7.15. The second kappa shape index (κ2) is 6.51. The molecule has 0 aliphatic rings. The monoisotopic (exact) mass is 340 g/mol. The molecule has 6 nitrogen and oxygen atoms in total. The van der Waals surface area contributed by atoms with Gasteiger partial charge in [0.1, 0.15) is 22.7 Å². The van der Waals surface area contributed by atoms with E-state index in [4.69, 9.17) is 10.2 Å². The van der Waals surface area contributed by atoms with Gasteiger partial charge in [0.05, 0.1) is 18.2 Å². The number of carbonyl (C=O) groups excluding carboxylic acids is 1. The molecular formula is C15H17FN2O4S. The fraction of sp³-hybridized carbons (Fsp3) is 0.267. The van der Waals surface area contributed by atoms with Gasteiger partial charge in [-0.3, -0.25) is 4.79 Å². The van der Waals surface area contributed by atoms with Crippen molar-refractivity contribution in [1.29, 1.82) is 0 Å². The van der Waals surface area contributed by atoms with Gasteiger partial charge in [0.15, 0.2) is 9.84 Å². The number of benzene rings is 1. The highest BCUT2D eigenvalue weighted by molar-refractivity contribution is 7.90. The maximum Gasteiger partial charge on any atom is 0.255 e.